The minimum atomic E-state index is -0.0863. The molecule has 0 aliphatic rings. The second-order valence-electron chi connectivity index (χ2n) is 12.1. The predicted octanol–water partition coefficient (Wildman–Crippen LogP) is 12.0. The monoisotopic (exact) mass is 732 g/mol. The topological polar surface area (TPSA) is 36.9 Å². The Morgan fingerprint density at radius 1 is 0.185 bits per heavy atom. The Bertz CT molecular complexity index is 1930. The molecule has 4 nitrogen and oxygen atoms in total. The van der Waals surface area contributed by atoms with Gasteiger partial charge >= 0.3 is 20.0 Å². The van der Waals surface area contributed by atoms with Gasteiger partial charge < -0.3 is 17.7 Å². The predicted molar refractivity (Wildman–Crippen MR) is 222 cm³/mol. The average molecular weight is 733 g/mol. The molecule has 0 aromatic heterocycles. The highest BCUT2D eigenvalue weighted by atomic mass is 28.3. The lowest BCUT2D eigenvalue weighted by molar-refractivity contribution is 0.458. The summed E-state index contributed by atoms with van der Waals surface area (Å²) in [6.07, 6.45) is 0. The first-order valence-electron chi connectivity index (χ1n) is 17.6. The zero-order valence-corrected chi connectivity index (χ0v) is 31.4. The van der Waals surface area contributed by atoms with E-state index in [9.17, 15) is 0 Å². The van der Waals surface area contributed by atoms with Gasteiger partial charge in [-0.25, -0.2) is 0 Å². The van der Waals surface area contributed by atoms with Gasteiger partial charge in [0.05, 0.1) is 0 Å². The SMILES string of the molecule is c1ccc(-c2ccc(O[Si]Oc3ccc(-c4ccccc4)cc3)cc2)cc1.c1ccc(-c2ccc(O[Si]Oc3ccc(-c4ccccc4)cc3)cc2)cc1. The summed E-state index contributed by atoms with van der Waals surface area (Å²) < 4.78 is 22.9. The maximum absolute atomic E-state index is 5.72. The van der Waals surface area contributed by atoms with Crippen LogP contribution in [0.5, 0.6) is 23.0 Å². The van der Waals surface area contributed by atoms with E-state index in [0.29, 0.717) is 0 Å². The Labute approximate surface area is 322 Å². The van der Waals surface area contributed by atoms with Crippen molar-refractivity contribution in [3.05, 3.63) is 218 Å². The molecule has 8 aromatic rings. The van der Waals surface area contributed by atoms with E-state index in [0.717, 1.165) is 23.0 Å². The van der Waals surface area contributed by atoms with Gasteiger partial charge in [0.15, 0.2) is 0 Å². The first-order chi connectivity index (χ1) is 26.8. The molecule has 54 heavy (non-hydrogen) atoms. The highest BCUT2D eigenvalue weighted by molar-refractivity contribution is 6.21. The molecule has 6 heteroatoms. The zero-order valence-electron chi connectivity index (χ0n) is 29.4. The number of rotatable bonds is 12. The third kappa shape index (κ3) is 10.3. The van der Waals surface area contributed by atoms with E-state index in [1.54, 1.807) is 0 Å². The van der Waals surface area contributed by atoms with Crippen molar-refractivity contribution in [3.8, 4) is 67.5 Å². The molecule has 0 saturated heterocycles. The average Bonchev–Trinajstić information content (AvgIpc) is 3.26. The minimum Gasteiger partial charge on any atom is -0.508 e. The van der Waals surface area contributed by atoms with Gasteiger partial charge in [-0.3, -0.25) is 0 Å². The molecule has 8 aromatic carbocycles. The molecule has 0 bridgehead atoms. The minimum absolute atomic E-state index is 0.0863. The maximum atomic E-state index is 5.72. The summed E-state index contributed by atoms with van der Waals surface area (Å²) in [7, 11) is -0.173. The van der Waals surface area contributed by atoms with E-state index in [-0.39, 0.29) is 20.0 Å². The van der Waals surface area contributed by atoms with Crippen molar-refractivity contribution >= 4 is 20.0 Å². The van der Waals surface area contributed by atoms with Gasteiger partial charge in [-0.2, -0.15) is 0 Å². The molecule has 4 radical (unpaired) electrons. The Morgan fingerprint density at radius 3 is 0.537 bits per heavy atom. The standard InChI is InChI=1S/2C24H18O2Si/c2*1-3-7-19(8-4-1)21-11-15-23(16-12-21)25-27-26-24-17-13-22(14-18-24)20-9-5-2-6-10-20/h2*1-18H. The van der Waals surface area contributed by atoms with Crippen LogP contribution in [0.3, 0.4) is 0 Å². The molecule has 0 unspecified atom stereocenters. The van der Waals surface area contributed by atoms with E-state index in [2.05, 4.69) is 97.1 Å². The second-order valence-corrected chi connectivity index (χ2v) is 13.3. The highest BCUT2D eigenvalue weighted by Crippen LogP contribution is 2.26. The van der Waals surface area contributed by atoms with Gasteiger partial charge in [-0.1, -0.05) is 170 Å². The lowest BCUT2D eigenvalue weighted by atomic mass is 10.1. The van der Waals surface area contributed by atoms with Crippen LogP contribution in [0.25, 0.3) is 44.5 Å². The van der Waals surface area contributed by atoms with Gasteiger partial charge in [0, 0.05) is 0 Å². The van der Waals surface area contributed by atoms with Crippen LogP contribution < -0.4 is 17.7 Å². The molecular formula is C48H36O4Si2. The molecule has 0 heterocycles. The van der Waals surface area contributed by atoms with Gasteiger partial charge in [0.25, 0.3) is 0 Å². The van der Waals surface area contributed by atoms with Crippen molar-refractivity contribution in [2.24, 2.45) is 0 Å². The summed E-state index contributed by atoms with van der Waals surface area (Å²) in [5.74, 6) is 3.20. The van der Waals surface area contributed by atoms with E-state index in [4.69, 9.17) is 17.7 Å². The second kappa shape index (κ2) is 18.8. The Morgan fingerprint density at radius 2 is 0.352 bits per heavy atom. The molecular weight excluding hydrogens is 697 g/mol. The maximum Gasteiger partial charge on any atom is 0.610 e. The molecule has 0 saturated carbocycles. The zero-order chi connectivity index (χ0) is 36.6. The lowest BCUT2D eigenvalue weighted by Gasteiger charge is -2.08. The fourth-order valence-corrected chi connectivity index (χ4v) is 6.63. The first-order valence-corrected chi connectivity index (χ1v) is 19.2. The first kappa shape index (κ1) is 35.8. The molecule has 8 rings (SSSR count). The van der Waals surface area contributed by atoms with Gasteiger partial charge in [-0.05, 0) is 93.0 Å². The Kier molecular flexibility index (Phi) is 12.4. The van der Waals surface area contributed by atoms with Crippen LogP contribution in [0.15, 0.2) is 218 Å². The number of hydrogen-bond donors (Lipinski definition) is 0. The number of benzene rings is 8. The van der Waals surface area contributed by atoms with Crippen molar-refractivity contribution in [2.45, 2.75) is 0 Å². The normalized spacial score (nSPS) is 10.4. The van der Waals surface area contributed by atoms with E-state index >= 15 is 0 Å². The summed E-state index contributed by atoms with van der Waals surface area (Å²) in [6, 6.07) is 73.4. The van der Waals surface area contributed by atoms with Crippen molar-refractivity contribution in [1.82, 2.24) is 0 Å². The molecule has 0 amide bonds. The summed E-state index contributed by atoms with van der Waals surface area (Å²) in [6.45, 7) is 0. The van der Waals surface area contributed by atoms with Crippen LogP contribution in [0.1, 0.15) is 0 Å². The summed E-state index contributed by atoms with van der Waals surface area (Å²) >= 11 is 0. The van der Waals surface area contributed by atoms with Crippen LogP contribution >= 0.6 is 0 Å². The quantitative estimate of drug-likeness (QED) is 0.117. The number of hydrogen-bond acceptors (Lipinski definition) is 4. The molecule has 0 aliphatic carbocycles. The van der Waals surface area contributed by atoms with Crippen LogP contribution in [-0.2, 0) is 0 Å². The van der Waals surface area contributed by atoms with Crippen molar-refractivity contribution in [1.29, 1.82) is 0 Å². The van der Waals surface area contributed by atoms with Gasteiger partial charge in [0.1, 0.15) is 23.0 Å². The van der Waals surface area contributed by atoms with Crippen molar-refractivity contribution < 1.29 is 17.7 Å². The Balaban J connectivity index is 0.000000167. The molecule has 0 atom stereocenters. The summed E-state index contributed by atoms with van der Waals surface area (Å²) in [5, 5.41) is 0. The molecule has 0 fully saturated rings. The van der Waals surface area contributed by atoms with E-state index in [1.807, 2.05) is 121 Å². The van der Waals surface area contributed by atoms with Crippen LogP contribution in [0, 0.1) is 0 Å². The highest BCUT2D eigenvalue weighted by Gasteiger charge is 2.05. The van der Waals surface area contributed by atoms with Crippen LogP contribution in [0.4, 0.5) is 0 Å². The van der Waals surface area contributed by atoms with E-state index in [1.165, 1.54) is 44.5 Å². The van der Waals surface area contributed by atoms with Gasteiger partial charge in [0.2, 0.25) is 0 Å². The van der Waals surface area contributed by atoms with Crippen molar-refractivity contribution in [2.75, 3.05) is 0 Å². The van der Waals surface area contributed by atoms with Gasteiger partial charge in [-0.15, -0.1) is 0 Å². The fraction of sp³-hybridized carbons (Fsp3) is 0. The summed E-state index contributed by atoms with van der Waals surface area (Å²) in [5.41, 5.74) is 9.46. The fourth-order valence-electron chi connectivity index (χ4n) is 5.62. The largest absolute Gasteiger partial charge is 0.610 e. The Hall–Kier alpha value is -6.61. The molecule has 0 N–H and O–H groups in total. The lowest BCUT2D eigenvalue weighted by Crippen LogP contribution is -2.10. The third-order valence-corrected chi connectivity index (χ3v) is 9.76. The molecule has 0 aliphatic heterocycles. The molecule has 260 valence electrons. The molecule has 0 spiro atoms. The van der Waals surface area contributed by atoms with Crippen molar-refractivity contribution in [3.63, 3.8) is 0 Å². The van der Waals surface area contributed by atoms with Crippen LogP contribution in [-0.4, -0.2) is 20.0 Å². The van der Waals surface area contributed by atoms with E-state index < -0.39 is 0 Å². The summed E-state index contributed by atoms with van der Waals surface area (Å²) in [4.78, 5) is 0. The van der Waals surface area contributed by atoms with Crippen LogP contribution in [0.2, 0.25) is 0 Å². The third-order valence-electron chi connectivity index (χ3n) is 8.48. The smallest absolute Gasteiger partial charge is 0.508 e.